The van der Waals surface area contributed by atoms with Gasteiger partial charge in [-0.2, -0.15) is 0 Å². The number of ether oxygens (including phenoxy) is 2. The highest BCUT2D eigenvalue weighted by molar-refractivity contribution is 5.86. The number of benzene rings is 2. The molecule has 2 aromatic rings. The Kier molecular flexibility index (Phi) is 6.20. The fraction of sp³-hybridized carbons (Fsp3) is 0.435. The van der Waals surface area contributed by atoms with Gasteiger partial charge in [-0.25, -0.2) is 4.79 Å². The van der Waals surface area contributed by atoms with E-state index in [1.165, 1.54) is 5.69 Å². The van der Waals surface area contributed by atoms with Crippen LogP contribution in [0.15, 0.2) is 48.5 Å². The van der Waals surface area contributed by atoms with Crippen molar-refractivity contribution < 1.29 is 14.3 Å². The summed E-state index contributed by atoms with van der Waals surface area (Å²) >= 11 is 0. The number of hydrogen-bond donors (Lipinski definition) is 1. The predicted octanol–water partition coefficient (Wildman–Crippen LogP) is 3.39. The molecule has 0 aromatic heterocycles. The molecule has 2 aromatic carbocycles. The minimum Gasteiger partial charge on any atom is -0.495 e. The van der Waals surface area contributed by atoms with Crippen molar-refractivity contribution >= 4 is 17.3 Å². The fourth-order valence-corrected chi connectivity index (χ4v) is 4.08. The highest BCUT2D eigenvalue weighted by Crippen LogP contribution is 2.30. The SMILES string of the molecule is COc1ccccc1N1CCN(CCCCC2Nc3ccccc3OC2=O)CC1. The van der Waals surface area contributed by atoms with Crippen molar-refractivity contribution in [1.29, 1.82) is 0 Å². The van der Waals surface area contributed by atoms with Gasteiger partial charge in [0.05, 0.1) is 18.5 Å². The van der Waals surface area contributed by atoms with Crippen molar-refractivity contribution in [1.82, 2.24) is 4.90 Å². The van der Waals surface area contributed by atoms with Gasteiger partial charge in [0, 0.05) is 26.2 Å². The lowest BCUT2D eigenvalue weighted by atomic mass is 10.1. The Balaban J connectivity index is 1.18. The fourth-order valence-electron chi connectivity index (χ4n) is 4.08. The van der Waals surface area contributed by atoms with E-state index in [0.29, 0.717) is 5.75 Å². The number of unbranched alkanes of at least 4 members (excludes halogenated alkanes) is 1. The quantitative estimate of drug-likeness (QED) is 0.441. The number of fused-ring (bicyclic) bond motifs is 1. The van der Waals surface area contributed by atoms with Gasteiger partial charge in [-0.3, -0.25) is 4.90 Å². The van der Waals surface area contributed by atoms with E-state index in [2.05, 4.69) is 27.2 Å². The molecule has 2 aliphatic heterocycles. The molecule has 0 radical (unpaired) electrons. The Morgan fingerprint density at radius 2 is 1.79 bits per heavy atom. The number of carbonyl (C=O) groups excluding carboxylic acids is 1. The molecule has 1 atom stereocenters. The minimum atomic E-state index is -0.243. The second kappa shape index (κ2) is 9.18. The molecule has 6 heteroatoms. The second-order valence-electron chi connectivity index (χ2n) is 7.61. The molecule has 1 N–H and O–H groups in total. The lowest BCUT2D eigenvalue weighted by molar-refractivity contribution is -0.136. The summed E-state index contributed by atoms with van der Waals surface area (Å²) in [7, 11) is 1.73. The van der Waals surface area contributed by atoms with Gasteiger partial charge < -0.3 is 19.7 Å². The van der Waals surface area contributed by atoms with Gasteiger partial charge in [0.15, 0.2) is 5.75 Å². The highest BCUT2D eigenvalue weighted by Gasteiger charge is 2.27. The average Bonchev–Trinajstić information content (AvgIpc) is 2.77. The maximum absolute atomic E-state index is 12.2. The molecule has 0 amide bonds. The van der Waals surface area contributed by atoms with Crippen LogP contribution in [0.4, 0.5) is 11.4 Å². The molecule has 0 spiro atoms. The molecule has 4 rings (SSSR count). The summed E-state index contributed by atoms with van der Waals surface area (Å²) < 4.78 is 10.9. The number of carbonyl (C=O) groups is 1. The van der Waals surface area contributed by atoms with E-state index in [1.54, 1.807) is 7.11 Å². The Morgan fingerprint density at radius 3 is 2.62 bits per heavy atom. The van der Waals surface area contributed by atoms with E-state index >= 15 is 0 Å². The summed E-state index contributed by atoms with van der Waals surface area (Å²) in [6, 6.07) is 15.6. The maximum Gasteiger partial charge on any atom is 0.334 e. The lowest BCUT2D eigenvalue weighted by Gasteiger charge is -2.36. The smallest absolute Gasteiger partial charge is 0.334 e. The lowest BCUT2D eigenvalue weighted by Crippen LogP contribution is -2.46. The zero-order valence-corrected chi connectivity index (χ0v) is 17.0. The topological polar surface area (TPSA) is 54.0 Å². The van der Waals surface area contributed by atoms with Crippen LogP contribution in [0, 0.1) is 0 Å². The van der Waals surface area contributed by atoms with Crippen molar-refractivity contribution in [3.05, 3.63) is 48.5 Å². The van der Waals surface area contributed by atoms with E-state index in [4.69, 9.17) is 9.47 Å². The normalized spacial score (nSPS) is 19.3. The summed E-state index contributed by atoms with van der Waals surface area (Å²) in [5, 5.41) is 3.31. The number of para-hydroxylation sites is 4. The van der Waals surface area contributed by atoms with Crippen LogP contribution in [-0.4, -0.2) is 56.7 Å². The van der Waals surface area contributed by atoms with Gasteiger partial charge in [-0.05, 0) is 50.1 Å². The van der Waals surface area contributed by atoms with E-state index < -0.39 is 0 Å². The van der Waals surface area contributed by atoms with Crippen LogP contribution in [0.1, 0.15) is 19.3 Å². The van der Waals surface area contributed by atoms with Gasteiger partial charge in [0.1, 0.15) is 11.8 Å². The maximum atomic E-state index is 12.2. The second-order valence-corrected chi connectivity index (χ2v) is 7.61. The Labute approximate surface area is 172 Å². The third-order valence-corrected chi connectivity index (χ3v) is 5.73. The Bertz CT molecular complexity index is 834. The summed E-state index contributed by atoms with van der Waals surface area (Å²) in [5.41, 5.74) is 2.08. The molecular formula is C23H29N3O3. The molecule has 1 unspecified atom stereocenters. The molecule has 154 valence electrons. The standard InChI is InChI=1S/C23H29N3O3/c1-28-22-12-5-3-10-20(22)26-16-14-25(15-17-26)13-7-6-9-19-23(27)29-21-11-4-2-8-18(21)24-19/h2-5,8,10-12,19,24H,6-7,9,13-17H2,1H3. The van der Waals surface area contributed by atoms with Gasteiger partial charge in [-0.1, -0.05) is 24.3 Å². The van der Waals surface area contributed by atoms with Crippen LogP contribution in [0.25, 0.3) is 0 Å². The van der Waals surface area contributed by atoms with Crippen LogP contribution < -0.4 is 19.7 Å². The number of hydrogen-bond acceptors (Lipinski definition) is 6. The van der Waals surface area contributed by atoms with Crippen molar-refractivity contribution in [2.75, 3.05) is 50.1 Å². The van der Waals surface area contributed by atoms with Gasteiger partial charge in [0.25, 0.3) is 0 Å². The molecule has 6 nitrogen and oxygen atoms in total. The van der Waals surface area contributed by atoms with Crippen molar-refractivity contribution in [3.63, 3.8) is 0 Å². The van der Waals surface area contributed by atoms with E-state index in [0.717, 1.165) is 63.4 Å². The van der Waals surface area contributed by atoms with Gasteiger partial charge >= 0.3 is 5.97 Å². The number of methoxy groups -OCH3 is 1. The first kappa shape index (κ1) is 19.6. The van der Waals surface area contributed by atoms with E-state index in [9.17, 15) is 4.79 Å². The monoisotopic (exact) mass is 395 g/mol. The van der Waals surface area contributed by atoms with Crippen LogP contribution in [0.5, 0.6) is 11.5 Å². The van der Waals surface area contributed by atoms with Crippen LogP contribution in [-0.2, 0) is 4.79 Å². The average molecular weight is 396 g/mol. The van der Waals surface area contributed by atoms with Gasteiger partial charge in [-0.15, -0.1) is 0 Å². The van der Waals surface area contributed by atoms with E-state index in [1.807, 2.05) is 36.4 Å². The molecule has 2 heterocycles. The number of piperazine rings is 1. The molecule has 0 bridgehead atoms. The molecule has 1 saturated heterocycles. The molecule has 1 fully saturated rings. The van der Waals surface area contributed by atoms with Crippen LogP contribution >= 0.6 is 0 Å². The minimum absolute atomic E-state index is 0.172. The van der Waals surface area contributed by atoms with Crippen molar-refractivity contribution in [2.24, 2.45) is 0 Å². The van der Waals surface area contributed by atoms with Crippen molar-refractivity contribution in [2.45, 2.75) is 25.3 Å². The number of esters is 1. The predicted molar refractivity (Wildman–Crippen MR) is 115 cm³/mol. The third kappa shape index (κ3) is 4.65. The molecule has 0 saturated carbocycles. The first-order valence-corrected chi connectivity index (χ1v) is 10.4. The van der Waals surface area contributed by atoms with Gasteiger partial charge in [0.2, 0.25) is 0 Å². The molecule has 0 aliphatic carbocycles. The molecule has 29 heavy (non-hydrogen) atoms. The Hall–Kier alpha value is -2.73. The summed E-state index contributed by atoms with van der Waals surface area (Å²) in [5.74, 6) is 1.39. The largest absolute Gasteiger partial charge is 0.495 e. The van der Waals surface area contributed by atoms with E-state index in [-0.39, 0.29) is 12.0 Å². The molecule has 2 aliphatic rings. The number of nitrogens with one attached hydrogen (secondary N) is 1. The summed E-state index contributed by atoms with van der Waals surface area (Å²) in [4.78, 5) is 17.1. The Morgan fingerprint density at radius 1 is 1.03 bits per heavy atom. The van der Waals surface area contributed by atoms with Crippen molar-refractivity contribution in [3.8, 4) is 11.5 Å². The van der Waals surface area contributed by atoms with Crippen LogP contribution in [0.2, 0.25) is 0 Å². The number of rotatable bonds is 7. The summed E-state index contributed by atoms with van der Waals surface area (Å²) in [6.07, 6.45) is 2.89. The third-order valence-electron chi connectivity index (χ3n) is 5.73. The first-order chi connectivity index (χ1) is 14.2. The number of nitrogens with zero attached hydrogens (tertiary/aromatic N) is 2. The zero-order chi connectivity index (χ0) is 20.1. The van der Waals surface area contributed by atoms with Crippen LogP contribution in [0.3, 0.4) is 0 Å². The summed E-state index contributed by atoms with van der Waals surface area (Å²) in [6.45, 7) is 5.18. The first-order valence-electron chi connectivity index (χ1n) is 10.4. The highest BCUT2D eigenvalue weighted by atomic mass is 16.5. The molecular weight excluding hydrogens is 366 g/mol. The number of anilines is 2. The zero-order valence-electron chi connectivity index (χ0n) is 17.0.